The topological polar surface area (TPSA) is 38.5 Å². The second-order valence-electron chi connectivity index (χ2n) is 3.15. The van der Waals surface area contributed by atoms with Crippen LogP contribution in [0.25, 0.3) is 0 Å². The standard InChI is InChI=1S/C7H16N2O/c1-6-3-9(8)4-7(6)5-10-2/h6-7H,3-5,8H2,1-2H3. The van der Waals surface area contributed by atoms with Crippen molar-refractivity contribution < 1.29 is 4.74 Å². The van der Waals surface area contributed by atoms with Crippen LogP contribution in [-0.4, -0.2) is 31.8 Å². The van der Waals surface area contributed by atoms with Gasteiger partial charge in [0.25, 0.3) is 0 Å². The van der Waals surface area contributed by atoms with Gasteiger partial charge in [0.05, 0.1) is 6.61 Å². The first-order valence-electron chi connectivity index (χ1n) is 3.72. The summed E-state index contributed by atoms with van der Waals surface area (Å²) in [5.74, 6) is 6.94. The summed E-state index contributed by atoms with van der Waals surface area (Å²) in [6, 6.07) is 0. The molecule has 1 heterocycles. The Balaban J connectivity index is 2.31. The fourth-order valence-corrected chi connectivity index (χ4v) is 1.51. The molecular weight excluding hydrogens is 128 g/mol. The predicted molar refractivity (Wildman–Crippen MR) is 40.3 cm³/mol. The van der Waals surface area contributed by atoms with E-state index in [0.29, 0.717) is 11.8 Å². The molecule has 1 aliphatic rings. The average Bonchev–Trinajstić information content (AvgIpc) is 2.13. The lowest BCUT2D eigenvalue weighted by molar-refractivity contribution is 0.140. The molecular formula is C7H16N2O. The lowest BCUT2D eigenvalue weighted by Gasteiger charge is -2.11. The molecule has 0 aromatic heterocycles. The first kappa shape index (κ1) is 7.98. The number of methoxy groups -OCH3 is 1. The molecule has 10 heavy (non-hydrogen) atoms. The molecule has 0 bridgehead atoms. The molecule has 0 aromatic carbocycles. The molecule has 1 rings (SSSR count). The smallest absolute Gasteiger partial charge is 0.0506 e. The van der Waals surface area contributed by atoms with Crippen LogP contribution in [0.3, 0.4) is 0 Å². The van der Waals surface area contributed by atoms with Gasteiger partial charge in [-0.05, 0) is 5.92 Å². The van der Waals surface area contributed by atoms with Gasteiger partial charge in [-0.1, -0.05) is 6.92 Å². The van der Waals surface area contributed by atoms with Crippen LogP contribution in [0.2, 0.25) is 0 Å². The number of nitrogens with two attached hydrogens (primary N) is 1. The zero-order chi connectivity index (χ0) is 7.56. The van der Waals surface area contributed by atoms with Crippen LogP contribution >= 0.6 is 0 Å². The van der Waals surface area contributed by atoms with Gasteiger partial charge in [0.1, 0.15) is 0 Å². The number of hydrazine groups is 1. The Hall–Kier alpha value is -0.120. The van der Waals surface area contributed by atoms with E-state index < -0.39 is 0 Å². The maximum atomic E-state index is 5.62. The molecule has 1 fully saturated rings. The van der Waals surface area contributed by atoms with E-state index in [2.05, 4.69) is 6.92 Å². The molecule has 0 radical (unpaired) electrons. The molecule has 3 nitrogen and oxygen atoms in total. The van der Waals surface area contributed by atoms with E-state index in [-0.39, 0.29) is 0 Å². The highest BCUT2D eigenvalue weighted by Gasteiger charge is 2.27. The molecule has 1 saturated heterocycles. The van der Waals surface area contributed by atoms with Gasteiger partial charge >= 0.3 is 0 Å². The number of nitrogens with zero attached hydrogens (tertiary/aromatic N) is 1. The molecule has 0 aromatic rings. The van der Waals surface area contributed by atoms with E-state index in [0.717, 1.165) is 19.7 Å². The minimum atomic E-state index is 0.634. The van der Waals surface area contributed by atoms with Crippen LogP contribution < -0.4 is 5.84 Å². The van der Waals surface area contributed by atoms with Crippen molar-refractivity contribution in [1.29, 1.82) is 0 Å². The van der Waals surface area contributed by atoms with Crippen LogP contribution in [0, 0.1) is 11.8 Å². The first-order valence-corrected chi connectivity index (χ1v) is 3.72. The maximum Gasteiger partial charge on any atom is 0.0506 e. The van der Waals surface area contributed by atoms with E-state index in [1.165, 1.54) is 0 Å². The zero-order valence-electron chi connectivity index (χ0n) is 6.71. The van der Waals surface area contributed by atoms with E-state index >= 15 is 0 Å². The van der Waals surface area contributed by atoms with Crippen molar-refractivity contribution in [2.45, 2.75) is 6.92 Å². The number of hydrogen-bond donors (Lipinski definition) is 1. The van der Waals surface area contributed by atoms with Gasteiger partial charge in [-0.3, -0.25) is 5.84 Å². The molecule has 2 unspecified atom stereocenters. The molecule has 2 N–H and O–H groups in total. The highest BCUT2D eigenvalue weighted by Crippen LogP contribution is 2.19. The molecule has 0 aliphatic carbocycles. The molecule has 60 valence electrons. The summed E-state index contributed by atoms with van der Waals surface area (Å²) in [5, 5.41) is 1.87. The number of hydrogen-bond acceptors (Lipinski definition) is 3. The third-order valence-electron chi connectivity index (χ3n) is 2.18. The normalized spacial score (nSPS) is 35.1. The van der Waals surface area contributed by atoms with Gasteiger partial charge < -0.3 is 4.74 Å². The minimum absolute atomic E-state index is 0.634. The van der Waals surface area contributed by atoms with E-state index in [1.54, 1.807) is 7.11 Å². The fraction of sp³-hybridized carbons (Fsp3) is 1.00. The quantitative estimate of drug-likeness (QED) is 0.558. The Morgan fingerprint density at radius 1 is 1.60 bits per heavy atom. The molecule has 1 aliphatic heterocycles. The molecule has 0 saturated carbocycles. The summed E-state index contributed by atoms with van der Waals surface area (Å²) < 4.78 is 5.06. The summed E-state index contributed by atoms with van der Waals surface area (Å²) in [5.41, 5.74) is 0. The van der Waals surface area contributed by atoms with Crippen LogP contribution in [0.4, 0.5) is 0 Å². The first-order chi connectivity index (χ1) is 4.74. The maximum absolute atomic E-state index is 5.62. The van der Waals surface area contributed by atoms with Crippen molar-refractivity contribution in [1.82, 2.24) is 5.01 Å². The van der Waals surface area contributed by atoms with Crippen LogP contribution in [0.15, 0.2) is 0 Å². The summed E-state index contributed by atoms with van der Waals surface area (Å²) >= 11 is 0. The van der Waals surface area contributed by atoms with Gasteiger partial charge in [0, 0.05) is 26.1 Å². The van der Waals surface area contributed by atoms with E-state index in [9.17, 15) is 0 Å². The van der Waals surface area contributed by atoms with Crippen molar-refractivity contribution in [2.24, 2.45) is 17.7 Å². The van der Waals surface area contributed by atoms with Gasteiger partial charge in [0.15, 0.2) is 0 Å². The summed E-state index contributed by atoms with van der Waals surface area (Å²) in [7, 11) is 1.74. The van der Waals surface area contributed by atoms with E-state index in [4.69, 9.17) is 10.6 Å². The van der Waals surface area contributed by atoms with Gasteiger partial charge in [0.2, 0.25) is 0 Å². The Morgan fingerprint density at radius 3 is 2.70 bits per heavy atom. The molecule has 0 spiro atoms. The average molecular weight is 144 g/mol. The van der Waals surface area contributed by atoms with Crippen molar-refractivity contribution in [3.05, 3.63) is 0 Å². The van der Waals surface area contributed by atoms with Gasteiger partial charge in [-0.2, -0.15) is 0 Å². The Morgan fingerprint density at radius 2 is 2.30 bits per heavy atom. The van der Waals surface area contributed by atoms with Crippen molar-refractivity contribution >= 4 is 0 Å². The van der Waals surface area contributed by atoms with Crippen LogP contribution in [0.1, 0.15) is 6.92 Å². The van der Waals surface area contributed by atoms with Crippen molar-refractivity contribution in [3.8, 4) is 0 Å². The SMILES string of the molecule is COCC1CN(N)CC1C. The third kappa shape index (κ3) is 1.68. The summed E-state index contributed by atoms with van der Waals surface area (Å²) in [6.07, 6.45) is 0. The predicted octanol–water partition coefficient (Wildman–Crippen LogP) is 0.0744. The summed E-state index contributed by atoms with van der Waals surface area (Å²) in [6.45, 7) is 5.05. The second-order valence-corrected chi connectivity index (χ2v) is 3.15. The number of rotatable bonds is 2. The van der Waals surface area contributed by atoms with E-state index in [1.807, 2.05) is 5.01 Å². The molecule has 0 amide bonds. The highest BCUT2D eigenvalue weighted by atomic mass is 16.5. The van der Waals surface area contributed by atoms with Crippen molar-refractivity contribution in [2.75, 3.05) is 26.8 Å². The third-order valence-corrected chi connectivity index (χ3v) is 2.18. The monoisotopic (exact) mass is 144 g/mol. The molecule has 3 heteroatoms. The number of ether oxygens (including phenoxy) is 1. The lowest BCUT2D eigenvalue weighted by atomic mass is 10.00. The fourth-order valence-electron chi connectivity index (χ4n) is 1.51. The van der Waals surface area contributed by atoms with Crippen LogP contribution in [-0.2, 0) is 4.74 Å². The van der Waals surface area contributed by atoms with Gasteiger partial charge in [-0.15, -0.1) is 0 Å². The minimum Gasteiger partial charge on any atom is -0.384 e. The van der Waals surface area contributed by atoms with Crippen LogP contribution in [0.5, 0.6) is 0 Å². The molecule has 2 atom stereocenters. The Kier molecular flexibility index (Phi) is 2.65. The summed E-state index contributed by atoms with van der Waals surface area (Å²) in [4.78, 5) is 0. The Bertz CT molecular complexity index is 108. The van der Waals surface area contributed by atoms with Gasteiger partial charge in [-0.25, -0.2) is 5.01 Å². The zero-order valence-corrected chi connectivity index (χ0v) is 6.71. The highest BCUT2D eigenvalue weighted by molar-refractivity contribution is 4.77. The Labute approximate surface area is 62.1 Å². The van der Waals surface area contributed by atoms with Crippen molar-refractivity contribution in [3.63, 3.8) is 0 Å². The largest absolute Gasteiger partial charge is 0.384 e. The second kappa shape index (κ2) is 3.32. The lowest BCUT2D eigenvalue weighted by Crippen LogP contribution is -2.28.